The van der Waals surface area contributed by atoms with E-state index in [1.165, 1.54) is 0 Å². The summed E-state index contributed by atoms with van der Waals surface area (Å²) in [5.41, 5.74) is 0. The summed E-state index contributed by atoms with van der Waals surface area (Å²) in [7, 11) is 0. The molecule has 0 spiro atoms. The highest BCUT2D eigenvalue weighted by molar-refractivity contribution is 7.09. The molecule has 1 aromatic rings. The highest BCUT2D eigenvalue weighted by atomic mass is 32.1. The Morgan fingerprint density at radius 1 is 1.41 bits per heavy atom. The molecule has 0 atom stereocenters. The van der Waals surface area contributed by atoms with Crippen LogP contribution < -0.4 is 5.32 Å². The van der Waals surface area contributed by atoms with Crippen molar-refractivity contribution in [2.24, 2.45) is 5.92 Å². The molecule has 2 amide bonds. The maximum Gasteiger partial charge on any atom is 0.318 e. The van der Waals surface area contributed by atoms with Crippen LogP contribution >= 0.6 is 11.3 Å². The van der Waals surface area contributed by atoms with Gasteiger partial charge in [-0.25, -0.2) is 4.79 Å². The van der Waals surface area contributed by atoms with Crippen LogP contribution in [0.5, 0.6) is 0 Å². The minimum atomic E-state index is -0.726. The summed E-state index contributed by atoms with van der Waals surface area (Å²) in [6.45, 7) is 4.77. The molecular weight excluding hydrogens is 300 g/mol. The van der Waals surface area contributed by atoms with E-state index >= 15 is 0 Å². The van der Waals surface area contributed by atoms with Crippen LogP contribution in [0.1, 0.15) is 30.6 Å². The third kappa shape index (κ3) is 4.59. The lowest BCUT2D eigenvalue weighted by Crippen LogP contribution is -2.46. The van der Waals surface area contributed by atoms with Crippen LogP contribution in [-0.2, 0) is 11.3 Å². The van der Waals surface area contributed by atoms with E-state index in [0.717, 1.165) is 17.7 Å². The van der Waals surface area contributed by atoms with Crippen LogP contribution in [0.3, 0.4) is 0 Å². The van der Waals surface area contributed by atoms with Crippen molar-refractivity contribution in [3.05, 3.63) is 35.0 Å². The normalized spacial score (nSPS) is 21.1. The number of hydrogen-bond acceptors (Lipinski definition) is 3. The summed E-state index contributed by atoms with van der Waals surface area (Å²) in [4.78, 5) is 26.2. The highest BCUT2D eigenvalue weighted by Gasteiger charge is 2.27. The minimum absolute atomic E-state index is 0.0683. The molecule has 1 aliphatic carbocycles. The average molecular weight is 322 g/mol. The molecule has 0 bridgehead atoms. The molecule has 0 saturated heterocycles. The summed E-state index contributed by atoms with van der Waals surface area (Å²) >= 11 is 1.62. The highest BCUT2D eigenvalue weighted by Crippen LogP contribution is 2.24. The van der Waals surface area contributed by atoms with Gasteiger partial charge in [-0.15, -0.1) is 17.9 Å². The third-order valence-electron chi connectivity index (χ3n) is 3.97. The molecular formula is C16H22N2O3S. The molecule has 1 fully saturated rings. The SMILES string of the molecule is C=CCN(Cc1cccs1)C(=O)NC1CCC(C(=O)O)CC1. The van der Waals surface area contributed by atoms with Crippen LogP contribution in [-0.4, -0.2) is 34.6 Å². The Kier molecular flexibility index (Phi) is 6.00. The molecule has 1 saturated carbocycles. The zero-order valence-electron chi connectivity index (χ0n) is 12.5. The van der Waals surface area contributed by atoms with Crippen molar-refractivity contribution in [2.75, 3.05) is 6.54 Å². The van der Waals surface area contributed by atoms with Gasteiger partial charge in [0.15, 0.2) is 0 Å². The van der Waals surface area contributed by atoms with Crippen LogP contribution in [0.4, 0.5) is 4.79 Å². The first-order chi connectivity index (χ1) is 10.6. The van der Waals surface area contributed by atoms with E-state index in [4.69, 9.17) is 5.11 Å². The van der Waals surface area contributed by atoms with Crippen molar-refractivity contribution in [1.82, 2.24) is 10.2 Å². The van der Waals surface area contributed by atoms with Gasteiger partial charge in [-0.2, -0.15) is 0 Å². The van der Waals surface area contributed by atoms with Gasteiger partial charge in [0.25, 0.3) is 0 Å². The molecule has 22 heavy (non-hydrogen) atoms. The van der Waals surface area contributed by atoms with E-state index < -0.39 is 5.97 Å². The predicted molar refractivity (Wildman–Crippen MR) is 86.8 cm³/mol. The lowest BCUT2D eigenvalue weighted by Gasteiger charge is -2.29. The smallest absolute Gasteiger partial charge is 0.318 e. The molecule has 0 radical (unpaired) electrons. The fraction of sp³-hybridized carbons (Fsp3) is 0.500. The second kappa shape index (κ2) is 7.98. The zero-order valence-corrected chi connectivity index (χ0v) is 13.3. The van der Waals surface area contributed by atoms with Crippen molar-refractivity contribution >= 4 is 23.3 Å². The van der Waals surface area contributed by atoms with Gasteiger partial charge in [-0.3, -0.25) is 4.79 Å². The first kappa shape index (κ1) is 16.5. The number of amides is 2. The molecule has 1 aliphatic rings. The molecule has 0 aromatic carbocycles. The quantitative estimate of drug-likeness (QED) is 0.791. The Morgan fingerprint density at radius 3 is 2.68 bits per heavy atom. The molecule has 6 heteroatoms. The van der Waals surface area contributed by atoms with E-state index in [1.807, 2.05) is 17.5 Å². The number of carboxylic acid groups (broad SMARTS) is 1. The van der Waals surface area contributed by atoms with Gasteiger partial charge in [0.05, 0.1) is 12.5 Å². The van der Waals surface area contributed by atoms with E-state index in [-0.39, 0.29) is 18.0 Å². The molecule has 120 valence electrons. The summed E-state index contributed by atoms with van der Waals surface area (Å²) in [5, 5.41) is 14.0. The number of aliphatic carboxylic acids is 1. The number of rotatable bonds is 6. The van der Waals surface area contributed by atoms with Crippen molar-refractivity contribution in [3.63, 3.8) is 0 Å². The number of urea groups is 1. The van der Waals surface area contributed by atoms with Gasteiger partial charge < -0.3 is 15.3 Å². The van der Waals surface area contributed by atoms with Crippen molar-refractivity contribution in [3.8, 4) is 0 Å². The largest absolute Gasteiger partial charge is 0.481 e. The fourth-order valence-electron chi connectivity index (χ4n) is 2.72. The van der Waals surface area contributed by atoms with Gasteiger partial charge in [0, 0.05) is 17.5 Å². The second-order valence-corrected chi connectivity index (χ2v) is 6.62. The Labute approximate surface area is 134 Å². The summed E-state index contributed by atoms with van der Waals surface area (Å²) in [6.07, 6.45) is 4.43. The predicted octanol–water partition coefficient (Wildman–Crippen LogP) is 3.09. The molecule has 2 rings (SSSR count). The number of nitrogens with zero attached hydrogens (tertiary/aromatic N) is 1. The standard InChI is InChI=1S/C16H22N2O3S/c1-2-9-18(11-14-4-3-10-22-14)16(21)17-13-7-5-12(6-8-13)15(19)20/h2-4,10,12-13H,1,5-9,11H2,(H,17,21)(H,19,20). The van der Waals surface area contributed by atoms with Crippen molar-refractivity contribution in [1.29, 1.82) is 0 Å². The zero-order chi connectivity index (χ0) is 15.9. The number of carbonyl (C=O) groups excluding carboxylic acids is 1. The van der Waals surface area contributed by atoms with Crippen molar-refractivity contribution in [2.45, 2.75) is 38.3 Å². The monoisotopic (exact) mass is 322 g/mol. The Balaban J connectivity index is 1.86. The molecule has 2 N–H and O–H groups in total. The second-order valence-electron chi connectivity index (χ2n) is 5.58. The number of hydrogen-bond donors (Lipinski definition) is 2. The van der Waals surface area contributed by atoms with E-state index in [1.54, 1.807) is 22.3 Å². The van der Waals surface area contributed by atoms with Crippen LogP contribution in [0.25, 0.3) is 0 Å². The Bertz CT molecular complexity index is 507. The van der Waals surface area contributed by atoms with Gasteiger partial charge >= 0.3 is 12.0 Å². The van der Waals surface area contributed by atoms with E-state index in [2.05, 4.69) is 11.9 Å². The van der Waals surface area contributed by atoms with Gasteiger partial charge in [-0.1, -0.05) is 12.1 Å². The minimum Gasteiger partial charge on any atom is -0.481 e. The number of nitrogens with one attached hydrogen (secondary N) is 1. The van der Waals surface area contributed by atoms with E-state index in [9.17, 15) is 9.59 Å². The molecule has 1 aromatic heterocycles. The molecule has 0 unspecified atom stereocenters. The first-order valence-corrected chi connectivity index (χ1v) is 8.39. The lowest BCUT2D eigenvalue weighted by molar-refractivity contribution is -0.142. The van der Waals surface area contributed by atoms with Gasteiger partial charge in [0.1, 0.15) is 0 Å². The van der Waals surface area contributed by atoms with Crippen LogP contribution in [0.2, 0.25) is 0 Å². The first-order valence-electron chi connectivity index (χ1n) is 7.51. The molecule has 1 heterocycles. The molecule has 0 aliphatic heterocycles. The average Bonchev–Trinajstić information content (AvgIpc) is 3.00. The van der Waals surface area contributed by atoms with Gasteiger partial charge in [-0.05, 0) is 37.1 Å². The maximum atomic E-state index is 12.4. The summed E-state index contributed by atoms with van der Waals surface area (Å²) in [5.74, 6) is -0.987. The Hall–Kier alpha value is -1.82. The number of carboxylic acids is 1. The fourth-order valence-corrected chi connectivity index (χ4v) is 3.44. The topological polar surface area (TPSA) is 69.6 Å². The van der Waals surface area contributed by atoms with Crippen molar-refractivity contribution < 1.29 is 14.7 Å². The van der Waals surface area contributed by atoms with Gasteiger partial charge in [0.2, 0.25) is 0 Å². The summed E-state index contributed by atoms with van der Waals surface area (Å²) in [6, 6.07) is 3.94. The summed E-state index contributed by atoms with van der Waals surface area (Å²) < 4.78 is 0. The van der Waals surface area contributed by atoms with Crippen LogP contribution in [0.15, 0.2) is 30.2 Å². The lowest BCUT2D eigenvalue weighted by atomic mass is 9.86. The molecule has 5 nitrogen and oxygen atoms in total. The maximum absolute atomic E-state index is 12.4. The van der Waals surface area contributed by atoms with E-state index in [0.29, 0.717) is 25.9 Å². The Morgan fingerprint density at radius 2 is 2.14 bits per heavy atom. The third-order valence-corrected chi connectivity index (χ3v) is 4.83. The number of carbonyl (C=O) groups is 2. The number of thiophene rings is 1. The van der Waals surface area contributed by atoms with Crippen LogP contribution in [0, 0.1) is 5.92 Å².